The molecule has 1 unspecified atom stereocenters. The summed E-state index contributed by atoms with van der Waals surface area (Å²) in [7, 11) is 0. The number of carbonyl (C=O) groups is 2. The van der Waals surface area contributed by atoms with E-state index in [1.807, 2.05) is 36.2 Å². The summed E-state index contributed by atoms with van der Waals surface area (Å²) in [6.07, 6.45) is 2.94. The van der Waals surface area contributed by atoms with E-state index in [1.54, 1.807) is 0 Å². The van der Waals surface area contributed by atoms with Crippen LogP contribution in [0.3, 0.4) is 0 Å². The molecule has 3 heterocycles. The Hall–Kier alpha value is -2.60. The first-order chi connectivity index (χ1) is 14.9. The summed E-state index contributed by atoms with van der Waals surface area (Å²) in [5.74, 6) is 1.32. The van der Waals surface area contributed by atoms with Crippen LogP contribution in [-0.4, -0.2) is 54.4 Å². The SMILES string of the molecule is CCc1cnc(N2CCN(C(=O)c3ccc([C@@H]4C(=O)NCC4C)cc3C)CC2)c(C)c1.Cl. The van der Waals surface area contributed by atoms with E-state index in [-0.39, 0.29) is 36.1 Å². The number of rotatable bonds is 4. The van der Waals surface area contributed by atoms with Crippen LogP contribution in [0.5, 0.6) is 0 Å². The van der Waals surface area contributed by atoms with Crippen molar-refractivity contribution in [3.05, 3.63) is 58.3 Å². The van der Waals surface area contributed by atoms with Crippen LogP contribution in [0.1, 0.15) is 52.4 Å². The molecule has 4 rings (SSSR count). The molecule has 0 aliphatic carbocycles. The average Bonchev–Trinajstić information content (AvgIpc) is 3.11. The van der Waals surface area contributed by atoms with E-state index in [0.29, 0.717) is 19.6 Å². The number of anilines is 1. The number of halogens is 1. The first-order valence-corrected chi connectivity index (χ1v) is 11.3. The molecule has 1 aromatic carbocycles. The van der Waals surface area contributed by atoms with Crippen LogP contribution in [-0.2, 0) is 11.2 Å². The molecule has 1 aromatic heterocycles. The summed E-state index contributed by atoms with van der Waals surface area (Å²) in [6.45, 7) is 11.9. The van der Waals surface area contributed by atoms with Gasteiger partial charge in [-0.15, -0.1) is 12.4 Å². The molecule has 7 heteroatoms. The number of nitrogens with zero attached hydrogens (tertiary/aromatic N) is 3. The highest BCUT2D eigenvalue weighted by molar-refractivity contribution is 5.96. The maximum atomic E-state index is 13.2. The predicted octanol–water partition coefficient (Wildman–Crippen LogP) is 3.49. The largest absolute Gasteiger partial charge is 0.355 e. The van der Waals surface area contributed by atoms with Crippen molar-refractivity contribution in [1.29, 1.82) is 0 Å². The Morgan fingerprint density at radius 3 is 2.41 bits per heavy atom. The van der Waals surface area contributed by atoms with Crippen molar-refractivity contribution < 1.29 is 9.59 Å². The Morgan fingerprint density at radius 1 is 1.12 bits per heavy atom. The minimum absolute atomic E-state index is 0. The zero-order valence-corrected chi connectivity index (χ0v) is 20.2. The number of benzene rings is 1. The van der Waals surface area contributed by atoms with E-state index in [0.717, 1.165) is 42.0 Å². The summed E-state index contributed by atoms with van der Waals surface area (Å²) >= 11 is 0. The molecule has 2 fully saturated rings. The maximum Gasteiger partial charge on any atom is 0.254 e. The number of carbonyl (C=O) groups excluding carboxylic acids is 2. The number of aryl methyl sites for hydroxylation is 3. The monoisotopic (exact) mass is 456 g/mol. The van der Waals surface area contributed by atoms with E-state index in [9.17, 15) is 9.59 Å². The Kier molecular flexibility index (Phi) is 7.44. The van der Waals surface area contributed by atoms with E-state index in [1.165, 1.54) is 11.1 Å². The fourth-order valence-electron chi connectivity index (χ4n) is 4.79. The lowest BCUT2D eigenvalue weighted by atomic mass is 9.88. The number of nitrogens with one attached hydrogen (secondary N) is 1. The van der Waals surface area contributed by atoms with Crippen LogP contribution in [0.15, 0.2) is 30.5 Å². The van der Waals surface area contributed by atoms with Gasteiger partial charge in [-0.25, -0.2) is 4.98 Å². The molecule has 0 radical (unpaired) electrons. The number of piperazine rings is 1. The van der Waals surface area contributed by atoms with Gasteiger partial charge in [0.05, 0.1) is 5.92 Å². The molecule has 2 aliphatic rings. The number of aromatic nitrogens is 1. The highest BCUT2D eigenvalue weighted by Crippen LogP contribution is 2.30. The highest BCUT2D eigenvalue weighted by Gasteiger charge is 2.33. The van der Waals surface area contributed by atoms with Gasteiger partial charge < -0.3 is 15.1 Å². The van der Waals surface area contributed by atoms with Crippen LogP contribution in [0.2, 0.25) is 0 Å². The lowest BCUT2D eigenvalue weighted by Crippen LogP contribution is -2.49. The summed E-state index contributed by atoms with van der Waals surface area (Å²) in [4.78, 5) is 34.2. The van der Waals surface area contributed by atoms with Crippen LogP contribution < -0.4 is 10.2 Å². The Morgan fingerprint density at radius 2 is 1.84 bits per heavy atom. The molecule has 2 atom stereocenters. The summed E-state index contributed by atoms with van der Waals surface area (Å²) < 4.78 is 0. The van der Waals surface area contributed by atoms with Crippen molar-refractivity contribution in [2.24, 2.45) is 5.92 Å². The van der Waals surface area contributed by atoms with E-state index >= 15 is 0 Å². The van der Waals surface area contributed by atoms with Gasteiger partial charge in [-0.2, -0.15) is 0 Å². The van der Waals surface area contributed by atoms with Crippen molar-refractivity contribution in [2.75, 3.05) is 37.6 Å². The maximum absolute atomic E-state index is 13.2. The third-order valence-electron chi connectivity index (χ3n) is 6.67. The minimum atomic E-state index is -0.124. The Labute approximate surface area is 196 Å². The quantitative estimate of drug-likeness (QED) is 0.764. The second-order valence-corrected chi connectivity index (χ2v) is 8.89. The molecule has 32 heavy (non-hydrogen) atoms. The highest BCUT2D eigenvalue weighted by atomic mass is 35.5. The Bertz CT molecular complexity index is 1000. The summed E-state index contributed by atoms with van der Waals surface area (Å²) in [5.41, 5.74) is 5.10. The van der Waals surface area contributed by atoms with Crippen LogP contribution in [0.25, 0.3) is 0 Å². The number of amides is 2. The molecule has 0 bridgehead atoms. The second-order valence-electron chi connectivity index (χ2n) is 8.89. The van der Waals surface area contributed by atoms with Crippen molar-refractivity contribution in [3.63, 3.8) is 0 Å². The molecule has 2 amide bonds. The van der Waals surface area contributed by atoms with Crippen molar-refractivity contribution in [3.8, 4) is 0 Å². The first-order valence-electron chi connectivity index (χ1n) is 11.3. The van der Waals surface area contributed by atoms with Crippen LogP contribution in [0.4, 0.5) is 5.82 Å². The van der Waals surface area contributed by atoms with Gasteiger partial charge in [0.2, 0.25) is 5.91 Å². The zero-order chi connectivity index (χ0) is 22.1. The topological polar surface area (TPSA) is 65.5 Å². The molecule has 6 nitrogen and oxygen atoms in total. The standard InChI is InChI=1S/C25H32N4O2.ClH/c1-5-19-12-17(3)23(26-15-19)28-8-10-29(11-9-28)25(31)21-7-6-20(13-16(21)2)22-18(4)14-27-24(22)30;/h6-7,12-13,15,18,22H,5,8-11,14H2,1-4H3,(H,27,30);1H/t18?,22-;/m1./s1. The lowest BCUT2D eigenvalue weighted by molar-refractivity contribution is -0.120. The molecule has 1 N–H and O–H groups in total. The van der Waals surface area contributed by atoms with Crippen molar-refractivity contribution in [1.82, 2.24) is 15.2 Å². The van der Waals surface area contributed by atoms with E-state index in [4.69, 9.17) is 0 Å². The first kappa shape index (κ1) is 24.1. The molecule has 2 aliphatic heterocycles. The van der Waals surface area contributed by atoms with E-state index in [2.05, 4.69) is 42.0 Å². The average molecular weight is 457 g/mol. The van der Waals surface area contributed by atoms with Crippen molar-refractivity contribution in [2.45, 2.75) is 40.0 Å². The van der Waals surface area contributed by atoms with Gasteiger partial charge in [0, 0.05) is 44.5 Å². The number of hydrogen-bond donors (Lipinski definition) is 1. The minimum Gasteiger partial charge on any atom is -0.355 e. The van der Waals surface area contributed by atoms with Crippen LogP contribution in [0, 0.1) is 19.8 Å². The molecule has 0 spiro atoms. The van der Waals surface area contributed by atoms with E-state index < -0.39 is 0 Å². The van der Waals surface area contributed by atoms with Crippen molar-refractivity contribution >= 4 is 30.0 Å². The third kappa shape index (κ3) is 4.60. The molecular formula is C25H33ClN4O2. The molecule has 172 valence electrons. The fourth-order valence-corrected chi connectivity index (χ4v) is 4.79. The molecular weight excluding hydrogens is 424 g/mol. The van der Waals surface area contributed by atoms with Gasteiger partial charge >= 0.3 is 0 Å². The number of hydrogen-bond acceptors (Lipinski definition) is 4. The van der Waals surface area contributed by atoms with Crippen LogP contribution >= 0.6 is 12.4 Å². The van der Waals surface area contributed by atoms with Gasteiger partial charge in [0.1, 0.15) is 5.82 Å². The lowest BCUT2D eigenvalue weighted by Gasteiger charge is -2.36. The number of pyridine rings is 1. The third-order valence-corrected chi connectivity index (χ3v) is 6.67. The van der Waals surface area contributed by atoms with Gasteiger partial charge in [-0.3, -0.25) is 9.59 Å². The molecule has 2 saturated heterocycles. The normalized spacial score (nSPS) is 20.7. The Balaban J connectivity index is 0.00000289. The van der Waals surface area contributed by atoms with Gasteiger partial charge in [-0.1, -0.05) is 32.0 Å². The summed E-state index contributed by atoms with van der Waals surface area (Å²) in [5, 5.41) is 2.93. The predicted molar refractivity (Wildman–Crippen MR) is 130 cm³/mol. The smallest absolute Gasteiger partial charge is 0.254 e. The summed E-state index contributed by atoms with van der Waals surface area (Å²) in [6, 6.07) is 8.06. The fraction of sp³-hybridized carbons (Fsp3) is 0.480. The zero-order valence-electron chi connectivity index (χ0n) is 19.4. The molecule has 0 saturated carbocycles. The molecule has 2 aromatic rings. The van der Waals surface area contributed by atoms with Gasteiger partial charge in [0.15, 0.2) is 0 Å². The van der Waals surface area contributed by atoms with Gasteiger partial charge in [0.25, 0.3) is 5.91 Å². The second kappa shape index (κ2) is 9.90. The van der Waals surface area contributed by atoms with Gasteiger partial charge in [-0.05, 0) is 54.5 Å².